The minimum atomic E-state index is -0.636. The van der Waals surface area contributed by atoms with Gasteiger partial charge < -0.3 is 14.9 Å². The number of phenols is 1. The monoisotopic (exact) mass is 348 g/mol. The third-order valence-corrected chi connectivity index (χ3v) is 4.72. The van der Waals surface area contributed by atoms with Gasteiger partial charge in [0, 0.05) is 5.92 Å². The topological polar surface area (TPSA) is 49.7 Å². The van der Waals surface area contributed by atoms with Crippen LogP contribution in [0.4, 0.5) is 0 Å². The molecular formula is C23H24O3. The molecule has 0 heterocycles. The van der Waals surface area contributed by atoms with Gasteiger partial charge in [-0.15, -0.1) is 0 Å². The normalized spacial score (nSPS) is 13.2. The van der Waals surface area contributed by atoms with Crippen LogP contribution in [0.5, 0.6) is 11.5 Å². The molecule has 26 heavy (non-hydrogen) atoms. The summed E-state index contributed by atoms with van der Waals surface area (Å²) < 4.78 is 5.30. The molecule has 0 saturated heterocycles. The molecule has 0 radical (unpaired) electrons. The summed E-state index contributed by atoms with van der Waals surface area (Å²) in [6, 6.07) is 24.9. The summed E-state index contributed by atoms with van der Waals surface area (Å²) in [4.78, 5) is 0. The highest BCUT2D eigenvalue weighted by Gasteiger charge is 2.22. The van der Waals surface area contributed by atoms with Crippen LogP contribution in [-0.2, 0) is 6.42 Å². The molecule has 0 amide bonds. The molecule has 2 unspecified atom stereocenters. The molecule has 0 aromatic heterocycles. The number of aliphatic hydroxyl groups is 1. The third-order valence-electron chi connectivity index (χ3n) is 4.72. The first kappa shape index (κ1) is 18.0. The molecule has 3 nitrogen and oxygen atoms in total. The summed E-state index contributed by atoms with van der Waals surface area (Å²) in [7, 11) is 1.67. The lowest BCUT2D eigenvalue weighted by Crippen LogP contribution is -2.12. The van der Waals surface area contributed by atoms with Crippen LogP contribution in [-0.4, -0.2) is 17.3 Å². The molecule has 0 spiro atoms. The van der Waals surface area contributed by atoms with E-state index >= 15 is 0 Å². The Kier molecular flexibility index (Phi) is 5.92. The number of aromatic hydroxyl groups is 1. The van der Waals surface area contributed by atoms with Gasteiger partial charge in [0.05, 0.1) is 13.2 Å². The number of aliphatic hydroxyl groups excluding tert-OH is 1. The Bertz CT molecular complexity index is 812. The van der Waals surface area contributed by atoms with E-state index in [-0.39, 0.29) is 11.7 Å². The Balaban J connectivity index is 1.82. The minimum absolute atomic E-state index is 0.0352. The molecule has 3 rings (SSSR count). The lowest BCUT2D eigenvalue weighted by atomic mass is 9.84. The number of methoxy groups -OCH3 is 1. The Morgan fingerprint density at radius 1 is 0.846 bits per heavy atom. The summed E-state index contributed by atoms with van der Waals surface area (Å²) >= 11 is 0. The first-order valence-electron chi connectivity index (χ1n) is 8.82. The average molecular weight is 348 g/mol. The van der Waals surface area contributed by atoms with E-state index in [1.165, 1.54) is 5.56 Å². The standard InChI is InChI=1S/C23H24O3/c1-26-21-9-5-6-17(16-21)10-15-22(18-7-3-2-4-8-18)23(25)19-11-13-20(24)14-12-19/h2-9,11-14,16,22-25H,10,15H2,1H3. The second-order valence-electron chi connectivity index (χ2n) is 6.44. The van der Waals surface area contributed by atoms with E-state index < -0.39 is 6.10 Å². The van der Waals surface area contributed by atoms with Crippen LogP contribution in [0.2, 0.25) is 0 Å². The summed E-state index contributed by atoms with van der Waals surface area (Å²) in [5, 5.41) is 20.5. The van der Waals surface area contributed by atoms with Crippen molar-refractivity contribution in [2.45, 2.75) is 24.9 Å². The Hall–Kier alpha value is -2.78. The predicted molar refractivity (Wildman–Crippen MR) is 104 cm³/mol. The number of ether oxygens (including phenoxy) is 1. The van der Waals surface area contributed by atoms with Gasteiger partial charge in [-0.2, -0.15) is 0 Å². The molecule has 0 bridgehead atoms. The molecule has 2 atom stereocenters. The van der Waals surface area contributed by atoms with Crippen LogP contribution in [0, 0.1) is 0 Å². The zero-order valence-corrected chi connectivity index (χ0v) is 14.9. The third kappa shape index (κ3) is 4.44. The van der Waals surface area contributed by atoms with E-state index in [0.717, 1.165) is 29.7 Å². The van der Waals surface area contributed by atoms with Crippen molar-refractivity contribution in [1.29, 1.82) is 0 Å². The maximum atomic E-state index is 11.0. The Labute approximate surface area is 154 Å². The quantitative estimate of drug-likeness (QED) is 0.642. The van der Waals surface area contributed by atoms with Crippen LogP contribution < -0.4 is 4.74 Å². The van der Waals surface area contributed by atoms with Crippen molar-refractivity contribution >= 4 is 0 Å². The largest absolute Gasteiger partial charge is 0.508 e. The van der Waals surface area contributed by atoms with E-state index in [0.29, 0.717) is 0 Å². The van der Waals surface area contributed by atoms with Gasteiger partial charge in [0.1, 0.15) is 11.5 Å². The highest BCUT2D eigenvalue weighted by molar-refractivity contribution is 5.32. The number of aryl methyl sites for hydroxylation is 1. The van der Waals surface area contributed by atoms with Crippen molar-refractivity contribution < 1.29 is 14.9 Å². The average Bonchev–Trinajstić information content (AvgIpc) is 2.69. The molecule has 3 heteroatoms. The Morgan fingerprint density at radius 3 is 2.27 bits per heavy atom. The van der Waals surface area contributed by atoms with Crippen LogP contribution in [0.25, 0.3) is 0 Å². The molecule has 0 fully saturated rings. The lowest BCUT2D eigenvalue weighted by Gasteiger charge is -2.24. The number of rotatable bonds is 7. The van der Waals surface area contributed by atoms with Crippen molar-refractivity contribution in [3.05, 3.63) is 95.6 Å². The zero-order valence-electron chi connectivity index (χ0n) is 14.9. The fourth-order valence-electron chi connectivity index (χ4n) is 3.26. The Morgan fingerprint density at radius 2 is 1.58 bits per heavy atom. The molecule has 134 valence electrons. The van der Waals surface area contributed by atoms with Gasteiger partial charge in [-0.1, -0.05) is 54.6 Å². The first-order chi connectivity index (χ1) is 12.7. The summed E-state index contributed by atoms with van der Waals surface area (Å²) in [5.74, 6) is 1.01. The van der Waals surface area contributed by atoms with Crippen molar-refractivity contribution in [2.75, 3.05) is 7.11 Å². The second kappa shape index (κ2) is 8.54. The smallest absolute Gasteiger partial charge is 0.119 e. The lowest BCUT2D eigenvalue weighted by molar-refractivity contribution is 0.140. The molecule has 2 N–H and O–H groups in total. The van der Waals surface area contributed by atoms with E-state index in [2.05, 4.69) is 18.2 Å². The molecule has 3 aromatic carbocycles. The van der Waals surface area contributed by atoms with Crippen LogP contribution in [0.1, 0.15) is 35.1 Å². The van der Waals surface area contributed by atoms with Gasteiger partial charge in [-0.25, -0.2) is 0 Å². The van der Waals surface area contributed by atoms with E-state index in [1.807, 2.05) is 36.4 Å². The van der Waals surface area contributed by atoms with Crippen LogP contribution in [0.15, 0.2) is 78.9 Å². The molecule has 0 saturated carbocycles. The second-order valence-corrected chi connectivity index (χ2v) is 6.44. The van der Waals surface area contributed by atoms with Gasteiger partial charge >= 0.3 is 0 Å². The van der Waals surface area contributed by atoms with Gasteiger partial charge in [0.2, 0.25) is 0 Å². The molecular weight excluding hydrogens is 324 g/mol. The highest BCUT2D eigenvalue weighted by atomic mass is 16.5. The van der Waals surface area contributed by atoms with Crippen molar-refractivity contribution in [3.8, 4) is 11.5 Å². The molecule has 0 aliphatic rings. The van der Waals surface area contributed by atoms with Crippen molar-refractivity contribution in [3.63, 3.8) is 0 Å². The number of hydrogen-bond acceptors (Lipinski definition) is 3. The molecule has 0 aliphatic heterocycles. The maximum Gasteiger partial charge on any atom is 0.119 e. The van der Waals surface area contributed by atoms with Crippen molar-refractivity contribution in [2.24, 2.45) is 0 Å². The van der Waals surface area contributed by atoms with Crippen molar-refractivity contribution in [1.82, 2.24) is 0 Å². The fourth-order valence-corrected chi connectivity index (χ4v) is 3.26. The zero-order chi connectivity index (χ0) is 18.4. The number of benzene rings is 3. The fraction of sp³-hybridized carbons (Fsp3) is 0.217. The van der Waals surface area contributed by atoms with Crippen LogP contribution in [0.3, 0.4) is 0 Å². The van der Waals surface area contributed by atoms with E-state index in [4.69, 9.17) is 4.74 Å². The SMILES string of the molecule is COc1cccc(CCC(c2ccccc2)C(O)c2ccc(O)cc2)c1. The maximum absolute atomic E-state index is 11.0. The predicted octanol–water partition coefficient (Wildman–Crippen LogP) is 4.85. The van der Waals surface area contributed by atoms with E-state index in [1.54, 1.807) is 31.4 Å². The summed E-state index contributed by atoms with van der Waals surface area (Å²) in [6.07, 6.45) is 1.01. The van der Waals surface area contributed by atoms with Gasteiger partial charge in [-0.05, 0) is 53.8 Å². The van der Waals surface area contributed by atoms with Gasteiger partial charge in [-0.3, -0.25) is 0 Å². The van der Waals surface area contributed by atoms with Gasteiger partial charge in [0.15, 0.2) is 0 Å². The first-order valence-corrected chi connectivity index (χ1v) is 8.82. The number of hydrogen-bond donors (Lipinski definition) is 2. The van der Waals surface area contributed by atoms with Crippen LogP contribution >= 0.6 is 0 Å². The molecule has 3 aromatic rings. The summed E-state index contributed by atoms with van der Waals surface area (Å²) in [5.41, 5.74) is 3.10. The minimum Gasteiger partial charge on any atom is -0.508 e. The summed E-state index contributed by atoms with van der Waals surface area (Å²) in [6.45, 7) is 0. The molecule has 0 aliphatic carbocycles. The van der Waals surface area contributed by atoms with Gasteiger partial charge in [0.25, 0.3) is 0 Å². The highest BCUT2D eigenvalue weighted by Crippen LogP contribution is 2.35. The number of phenolic OH excluding ortho intramolecular Hbond substituents is 1. The van der Waals surface area contributed by atoms with E-state index in [9.17, 15) is 10.2 Å².